The van der Waals surface area contributed by atoms with E-state index in [0.717, 1.165) is 37.0 Å². The number of rotatable bonds is 5. The zero-order valence-electron chi connectivity index (χ0n) is 11.2. The largest absolute Gasteiger partial charge is 0.355 e. The number of hydrogen-bond acceptors (Lipinski definition) is 5. The van der Waals surface area contributed by atoms with Gasteiger partial charge in [-0.05, 0) is 25.0 Å². The van der Waals surface area contributed by atoms with Crippen molar-refractivity contribution < 1.29 is 4.79 Å². The van der Waals surface area contributed by atoms with E-state index < -0.39 is 0 Å². The molecule has 1 aliphatic rings. The van der Waals surface area contributed by atoms with Gasteiger partial charge in [-0.15, -0.1) is 5.10 Å². The molecule has 1 aromatic heterocycles. The van der Waals surface area contributed by atoms with Gasteiger partial charge >= 0.3 is 0 Å². The van der Waals surface area contributed by atoms with Crippen molar-refractivity contribution in [2.45, 2.75) is 25.4 Å². The molecule has 1 saturated heterocycles. The van der Waals surface area contributed by atoms with Crippen molar-refractivity contribution in [3.05, 3.63) is 24.3 Å². The van der Waals surface area contributed by atoms with E-state index in [4.69, 9.17) is 0 Å². The van der Waals surface area contributed by atoms with Crippen molar-refractivity contribution in [2.75, 3.05) is 13.1 Å². The molecule has 0 spiro atoms. The van der Waals surface area contributed by atoms with Gasteiger partial charge in [-0.25, -0.2) is 10.1 Å². The van der Waals surface area contributed by atoms with E-state index in [1.165, 1.54) is 0 Å². The lowest BCUT2D eigenvalue weighted by Gasteiger charge is -2.10. The first-order valence-corrected chi connectivity index (χ1v) is 6.89. The summed E-state index contributed by atoms with van der Waals surface area (Å²) in [7, 11) is 0. The molecule has 20 heavy (non-hydrogen) atoms. The van der Waals surface area contributed by atoms with Crippen molar-refractivity contribution in [2.24, 2.45) is 0 Å². The lowest BCUT2D eigenvalue weighted by Crippen LogP contribution is -2.43. The third-order valence-electron chi connectivity index (χ3n) is 3.42. The molecule has 1 unspecified atom stereocenters. The molecule has 7 nitrogen and oxygen atoms in total. The number of nitrogens with zero attached hydrogens (tertiary/aromatic N) is 3. The normalized spacial score (nSPS) is 18.5. The molecule has 1 aliphatic heterocycles. The number of amides is 1. The predicted octanol–water partition coefficient (Wildman–Crippen LogP) is -0.196. The van der Waals surface area contributed by atoms with Crippen LogP contribution >= 0.6 is 0 Å². The Morgan fingerprint density at radius 3 is 3.20 bits per heavy atom. The van der Waals surface area contributed by atoms with Crippen LogP contribution in [0.25, 0.3) is 11.0 Å². The highest BCUT2D eigenvalue weighted by Crippen LogP contribution is 2.09. The molecule has 0 bridgehead atoms. The van der Waals surface area contributed by atoms with Crippen LogP contribution in [0, 0.1) is 0 Å². The SMILES string of the molecule is O=C(NCCCn1nnc2ccccc21)C1CCNN1. The minimum Gasteiger partial charge on any atom is -0.355 e. The number of carbonyl (C=O) groups excluding carboxylic acids is 1. The number of aryl methyl sites for hydroxylation is 1. The second kappa shape index (κ2) is 5.98. The second-order valence-corrected chi connectivity index (χ2v) is 4.86. The summed E-state index contributed by atoms with van der Waals surface area (Å²) in [5.41, 5.74) is 7.83. The third kappa shape index (κ3) is 2.78. The molecule has 2 aromatic rings. The highest BCUT2D eigenvalue weighted by atomic mass is 16.2. The molecule has 0 radical (unpaired) electrons. The number of carbonyl (C=O) groups is 1. The van der Waals surface area contributed by atoms with E-state index in [0.29, 0.717) is 6.54 Å². The van der Waals surface area contributed by atoms with Crippen molar-refractivity contribution in [1.29, 1.82) is 0 Å². The number of hydrazine groups is 1. The molecule has 3 N–H and O–H groups in total. The number of benzene rings is 1. The van der Waals surface area contributed by atoms with Crippen LogP contribution in [0.1, 0.15) is 12.8 Å². The Bertz CT molecular complexity index is 589. The third-order valence-corrected chi connectivity index (χ3v) is 3.42. The number of para-hydroxylation sites is 1. The van der Waals surface area contributed by atoms with Crippen molar-refractivity contribution >= 4 is 16.9 Å². The summed E-state index contributed by atoms with van der Waals surface area (Å²) in [4.78, 5) is 11.8. The van der Waals surface area contributed by atoms with Gasteiger partial charge in [-0.2, -0.15) is 0 Å². The van der Waals surface area contributed by atoms with Crippen LogP contribution in [0.4, 0.5) is 0 Å². The molecular formula is C13H18N6O. The molecule has 3 rings (SSSR count). The van der Waals surface area contributed by atoms with E-state index in [1.807, 2.05) is 28.9 Å². The maximum Gasteiger partial charge on any atom is 0.238 e. The topological polar surface area (TPSA) is 83.9 Å². The van der Waals surface area contributed by atoms with Crippen LogP contribution < -0.4 is 16.2 Å². The van der Waals surface area contributed by atoms with Gasteiger partial charge in [0.25, 0.3) is 0 Å². The molecule has 1 fully saturated rings. The van der Waals surface area contributed by atoms with E-state index in [9.17, 15) is 4.79 Å². The number of hydrogen-bond donors (Lipinski definition) is 3. The highest BCUT2D eigenvalue weighted by molar-refractivity contribution is 5.81. The van der Waals surface area contributed by atoms with Crippen LogP contribution in [0.2, 0.25) is 0 Å². The van der Waals surface area contributed by atoms with Crippen LogP contribution in [0.3, 0.4) is 0 Å². The Balaban J connectivity index is 1.47. The maximum atomic E-state index is 11.8. The van der Waals surface area contributed by atoms with E-state index in [1.54, 1.807) is 0 Å². The number of nitrogens with one attached hydrogen (secondary N) is 3. The van der Waals surface area contributed by atoms with Gasteiger partial charge in [0.2, 0.25) is 5.91 Å². The first-order chi connectivity index (χ1) is 9.84. The van der Waals surface area contributed by atoms with Gasteiger partial charge in [0.05, 0.1) is 5.52 Å². The van der Waals surface area contributed by atoms with Crippen LogP contribution in [0.5, 0.6) is 0 Å². The summed E-state index contributed by atoms with van der Waals surface area (Å²) in [6.45, 7) is 2.23. The van der Waals surface area contributed by atoms with Gasteiger partial charge in [0.1, 0.15) is 11.6 Å². The predicted molar refractivity (Wildman–Crippen MR) is 74.7 cm³/mol. The Morgan fingerprint density at radius 2 is 2.35 bits per heavy atom. The summed E-state index contributed by atoms with van der Waals surface area (Å²) >= 11 is 0. The zero-order chi connectivity index (χ0) is 13.8. The minimum absolute atomic E-state index is 0.0541. The fraction of sp³-hybridized carbons (Fsp3) is 0.462. The van der Waals surface area contributed by atoms with Crippen LogP contribution in [0.15, 0.2) is 24.3 Å². The summed E-state index contributed by atoms with van der Waals surface area (Å²) in [5.74, 6) is 0.0541. The number of aromatic nitrogens is 3. The van der Waals surface area contributed by atoms with E-state index in [2.05, 4.69) is 26.5 Å². The smallest absolute Gasteiger partial charge is 0.238 e. The second-order valence-electron chi connectivity index (χ2n) is 4.86. The Labute approximate surface area is 116 Å². The Morgan fingerprint density at radius 1 is 1.45 bits per heavy atom. The van der Waals surface area contributed by atoms with Crippen LogP contribution in [-0.2, 0) is 11.3 Å². The highest BCUT2D eigenvalue weighted by Gasteiger charge is 2.20. The van der Waals surface area contributed by atoms with Crippen molar-refractivity contribution in [1.82, 2.24) is 31.2 Å². The fourth-order valence-corrected chi connectivity index (χ4v) is 2.33. The van der Waals surface area contributed by atoms with E-state index in [-0.39, 0.29) is 11.9 Å². The fourth-order valence-electron chi connectivity index (χ4n) is 2.33. The lowest BCUT2D eigenvalue weighted by molar-refractivity contribution is -0.122. The van der Waals surface area contributed by atoms with Gasteiger partial charge in [-0.3, -0.25) is 10.2 Å². The molecule has 1 amide bonds. The average Bonchev–Trinajstić information content (AvgIpc) is 3.13. The first kappa shape index (κ1) is 13.0. The van der Waals surface area contributed by atoms with Crippen LogP contribution in [-0.4, -0.2) is 40.0 Å². The molecule has 1 atom stereocenters. The summed E-state index contributed by atoms with van der Waals surface area (Å²) < 4.78 is 1.87. The molecule has 0 aliphatic carbocycles. The molecule has 106 valence electrons. The van der Waals surface area contributed by atoms with E-state index >= 15 is 0 Å². The molecule has 2 heterocycles. The standard InChI is InChI=1S/C13H18N6O/c20-13(11-6-8-15-16-11)14-7-3-9-19-12-5-2-1-4-10(12)17-18-19/h1-2,4-5,11,15-16H,3,6-9H2,(H,14,20). The Hall–Kier alpha value is -1.99. The average molecular weight is 274 g/mol. The monoisotopic (exact) mass is 274 g/mol. The molecule has 1 aromatic carbocycles. The quantitative estimate of drug-likeness (QED) is 0.658. The summed E-state index contributed by atoms with van der Waals surface area (Å²) in [6, 6.07) is 7.76. The molecule has 7 heteroatoms. The summed E-state index contributed by atoms with van der Waals surface area (Å²) in [5, 5.41) is 11.2. The van der Waals surface area contributed by atoms with Gasteiger partial charge in [0, 0.05) is 19.6 Å². The number of fused-ring (bicyclic) bond motifs is 1. The molecule has 0 saturated carbocycles. The van der Waals surface area contributed by atoms with Gasteiger partial charge < -0.3 is 5.32 Å². The zero-order valence-corrected chi connectivity index (χ0v) is 11.2. The first-order valence-electron chi connectivity index (χ1n) is 6.89. The van der Waals surface area contributed by atoms with Gasteiger partial charge in [-0.1, -0.05) is 17.3 Å². The van der Waals surface area contributed by atoms with Crippen molar-refractivity contribution in [3.8, 4) is 0 Å². The molecular weight excluding hydrogens is 256 g/mol. The Kier molecular flexibility index (Phi) is 3.89. The minimum atomic E-state index is -0.109. The maximum absolute atomic E-state index is 11.8. The summed E-state index contributed by atoms with van der Waals surface area (Å²) in [6.07, 6.45) is 1.67. The van der Waals surface area contributed by atoms with Crippen molar-refractivity contribution in [3.63, 3.8) is 0 Å². The van der Waals surface area contributed by atoms with Gasteiger partial charge in [0.15, 0.2) is 0 Å². The lowest BCUT2D eigenvalue weighted by atomic mass is 10.2.